The maximum absolute atomic E-state index is 14.8. The Morgan fingerprint density at radius 3 is 1.82 bits per heavy atom. The molecular formula is C39H32Cl2F2N6S. The summed E-state index contributed by atoms with van der Waals surface area (Å²) in [5, 5.41) is 26.5. The van der Waals surface area contributed by atoms with E-state index in [4.69, 9.17) is 23.2 Å². The molecular weight excluding hydrogens is 693 g/mol. The van der Waals surface area contributed by atoms with Crippen LogP contribution in [0, 0.1) is 29.4 Å². The topological polar surface area (TPSA) is 81.4 Å². The Hall–Kier alpha value is -4.70. The number of H-pyrrole nitrogens is 2. The molecule has 4 aromatic carbocycles. The van der Waals surface area contributed by atoms with E-state index in [-0.39, 0.29) is 10.0 Å². The third kappa shape index (κ3) is 6.25. The highest BCUT2D eigenvalue weighted by atomic mass is 35.5. The first kappa shape index (κ1) is 32.5. The smallest absolute Gasteiger partial charge is 0.168 e. The first-order valence-electron chi connectivity index (χ1n) is 16.4. The molecule has 3 heterocycles. The van der Waals surface area contributed by atoms with Gasteiger partial charge >= 0.3 is 0 Å². The molecule has 252 valence electrons. The van der Waals surface area contributed by atoms with Gasteiger partial charge in [-0.15, -0.1) is 0 Å². The van der Waals surface area contributed by atoms with Gasteiger partial charge in [0, 0.05) is 35.0 Å². The Kier molecular flexibility index (Phi) is 9.04. The Bertz CT molecular complexity index is 2300. The Labute approximate surface area is 301 Å². The van der Waals surface area contributed by atoms with Crippen LogP contribution in [0.1, 0.15) is 18.4 Å². The van der Waals surface area contributed by atoms with E-state index in [0.717, 1.165) is 34.5 Å². The Morgan fingerprint density at radius 2 is 1.32 bits per heavy atom. The van der Waals surface area contributed by atoms with Crippen molar-refractivity contribution in [2.24, 2.45) is 17.8 Å². The molecule has 6 nitrogen and oxygen atoms in total. The van der Waals surface area contributed by atoms with Gasteiger partial charge in [0.25, 0.3) is 0 Å². The molecule has 0 aliphatic heterocycles. The maximum atomic E-state index is 14.8. The summed E-state index contributed by atoms with van der Waals surface area (Å²) in [6, 6.07) is 25.0. The normalized spacial score (nSPS) is 17.7. The molecule has 3 unspecified atom stereocenters. The van der Waals surface area contributed by atoms with E-state index in [1.807, 2.05) is 84.2 Å². The van der Waals surface area contributed by atoms with Gasteiger partial charge in [0.1, 0.15) is 11.0 Å². The molecule has 4 N–H and O–H groups in total. The second-order valence-corrected chi connectivity index (χ2v) is 14.3. The molecule has 0 saturated heterocycles. The SMILES string of the molecule is Fc1c(Cl)c(-c2ccccc2)cc2c(NCC3CC4C=CC3C4)n[nH]c12.Fc1c(Cl)c(-c2ccccc2)cc2c(NCc3ccsc3)n[nH]c12. The Balaban J connectivity index is 0.000000145. The van der Waals surface area contributed by atoms with Gasteiger partial charge in [-0.25, -0.2) is 8.78 Å². The van der Waals surface area contributed by atoms with Crippen molar-refractivity contribution in [3.05, 3.63) is 129 Å². The lowest BCUT2D eigenvalue weighted by Crippen LogP contribution is -2.18. The zero-order valence-corrected chi connectivity index (χ0v) is 29.0. The molecule has 3 atom stereocenters. The number of aromatic amines is 2. The van der Waals surface area contributed by atoms with Gasteiger partial charge < -0.3 is 10.6 Å². The lowest BCUT2D eigenvalue weighted by Gasteiger charge is -2.18. The van der Waals surface area contributed by atoms with Gasteiger partial charge in [0.05, 0.1) is 10.0 Å². The fourth-order valence-electron chi connectivity index (χ4n) is 7.05. The van der Waals surface area contributed by atoms with Gasteiger partial charge in [-0.3, -0.25) is 10.2 Å². The number of hydrogen-bond acceptors (Lipinski definition) is 5. The number of aromatic nitrogens is 4. The van der Waals surface area contributed by atoms with Crippen molar-refractivity contribution in [3.63, 3.8) is 0 Å². The molecule has 2 bridgehead atoms. The third-order valence-electron chi connectivity index (χ3n) is 9.64. The summed E-state index contributed by atoms with van der Waals surface area (Å²) < 4.78 is 29.4. The highest BCUT2D eigenvalue weighted by Crippen LogP contribution is 2.44. The van der Waals surface area contributed by atoms with Crippen LogP contribution in [0.25, 0.3) is 44.1 Å². The number of rotatable bonds is 8. The summed E-state index contributed by atoms with van der Waals surface area (Å²) in [7, 11) is 0. The molecule has 2 aliphatic carbocycles. The zero-order chi connectivity index (χ0) is 34.2. The minimum atomic E-state index is -0.482. The van der Waals surface area contributed by atoms with E-state index in [0.29, 0.717) is 57.6 Å². The summed E-state index contributed by atoms with van der Waals surface area (Å²) in [4.78, 5) is 0. The lowest BCUT2D eigenvalue weighted by molar-refractivity contribution is 0.471. The molecule has 1 fully saturated rings. The quantitative estimate of drug-likeness (QED) is 0.118. The van der Waals surface area contributed by atoms with Crippen LogP contribution < -0.4 is 10.6 Å². The second kappa shape index (κ2) is 13.9. The number of nitrogens with zero attached hydrogens (tertiary/aromatic N) is 2. The van der Waals surface area contributed by atoms with Crippen molar-refractivity contribution >= 4 is 68.0 Å². The third-order valence-corrected chi connectivity index (χ3v) is 11.1. The average Bonchev–Trinajstić information content (AvgIpc) is 4.00. The lowest BCUT2D eigenvalue weighted by atomic mass is 9.93. The number of anilines is 2. The van der Waals surface area contributed by atoms with Crippen LogP contribution in [0.3, 0.4) is 0 Å². The summed E-state index contributed by atoms with van der Waals surface area (Å²) >= 11 is 14.2. The highest BCUT2D eigenvalue weighted by molar-refractivity contribution is 7.07. The van der Waals surface area contributed by atoms with E-state index < -0.39 is 11.6 Å². The fourth-order valence-corrected chi connectivity index (χ4v) is 8.23. The van der Waals surface area contributed by atoms with Crippen molar-refractivity contribution in [2.45, 2.75) is 19.4 Å². The largest absolute Gasteiger partial charge is 0.368 e. The Morgan fingerprint density at radius 1 is 0.740 bits per heavy atom. The molecule has 50 heavy (non-hydrogen) atoms. The van der Waals surface area contributed by atoms with Gasteiger partial charge in [-0.05, 0) is 76.2 Å². The van der Waals surface area contributed by atoms with Crippen molar-refractivity contribution < 1.29 is 8.78 Å². The predicted octanol–water partition coefficient (Wildman–Crippen LogP) is 11.3. The molecule has 0 spiro atoms. The van der Waals surface area contributed by atoms with Crippen molar-refractivity contribution in [1.29, 1.82) is 0 Å². The molecule has 11 heteroatoms. The van der Waals surface area contributed by atoms with Crippen LogP contribution in [0.2, 0.25) is 10.0 Å². The summed E-state index contributed by atoms with van der Waals surface area (Å²) in [5.41, 5.74) is 4.93. The van der Waals surface area contributed by atoms with E-state index in [1.54, 1.807) is 11.3 Å². The van der Waals surface area contributed by atoms with Crippen LogP contribution in [-0.4, -0.2) is 26.9 Å². The van der Waals surface area contributed by atoms with Crippen LogP contribution in [0.15, 0.2) is 102 Å². The number of fused-ring (bicyclic) bond motifs is 4. The average molecular weight is 726 g/mol. The van der Waals surface area contributed by atoms with Gasteiger partial charge in [-0.1, -0.05) is 96.0 Å². The van der Waals surface area contributed by atoms with Crippen molar-refractivity contribution in [1.82, 2.24) is 20.4 Å². The molecule has 9 rings (SSSR count). The number of allylic oxidation sites excluding steroid dienone is 2. The van der Waals surface area contributed by atoms with Crippen molar-refractivity contribution in [3.8, 4) is 22.3 Å². The van der Waals surface area contributed by atoms with Crippen LogP contribution >= 0.6 is 34.5 Å². The predicted molar refractivity (Wildman–Crippen MR) is 202 cm³/mol. The maximum Gasteiger partial charge on any atom is 0.168 e. The minimum Gasteiger partial charge on any atom is -0.368 e. The number of hydrogen-bond donors (Lipinski definition) is 4. The molecule has 2 aliphatic rings. The first-order chi connectivity index (χ1) is 24.4. The minimum absolute atomic E-state index is 0.0988. The number of halogens is 4. The fraction of sp³-hybridized carbons (Fsp3) is 0.179. The molecule has 0 amide bonds. The molecule has 7 aromatic rings. The van der Waals surface area contributed by atoms with E-state index in [2.05, 4.69) is 48.6 Å². The summed E-state index contributed by atoms with van der Waals surface area (Å²) in [6.45, 7) is 1.49. The standard InChI is InChI=1S/C21H19ClFN3.C18H13ClFN3S/c22-18-16(13-4-2-1-3-5-13)10-17-20(19(18)23)25-26-21(17)24-11-15-9-12-6-7-14(15)8-12;19-15-13(12-4-2-1-3-5-12)8-14-17(16(15)20)22-23-18(14)21-9-11-6-7-24-10-11/h1-7,10,12,14-15H,8-9,11H2,(H2,24,25,26);1-8,10H,9H2,(H2,21,22,23). The number of benzene rings is 4. The highest BCUT2D eigenvalue weighted by Gasteiger charge is 2.35. The molecule has 1 saturated carbocycles. The summed E-state index contributed by atoms with van der Waals surface area (Å²) in [5.74, 6) is 2.41. The second-order valence-electron chi connectivity index (χ2n) is 12.7. The van der Waals surface area contributed by atoms with Crippen LogP contribution in [0.4, 0.5) is 20.4 Å². The van der Waals surface area contributed by atoms with E-state index in [9.17, 15) is 8.78 Å². The molecule has 3 aromatic heterocycles. The van der Waals surface area contributed by atoms with E-state index >= 15 is 0 Å². The van der Waals surface area contributed by atoms with Crippen LogP contribution in [-0.2, 0) is 6.54 Å². The van der Waals surface area contributed by atoms with Gasteiger partial charge in [0.2, 0.25) is 0 Å². The number of thiophene rings is 1. The van der Waals surface area contributed by atoms with Gasteiger partial charge in [0.15, 0.2) is 23.3 Å². The van der Waals surface area contributed by atoms with Crippen molar-refractivity contribution in [2.75, 3.05) is 17.2 Å². The summed E-state index contributed by atoms with van der Waals surface area (Å²) in [6.07, 6.45) is 7.19. The van der Waals surface area contributed by atoms with Crippen LogP contribution in [0.5, 0.6) is 0 Å². The first-order valence-corrected chi connectivity index (χ1v) is 18.1. The zero-order valence-electron chi connectivity index (χ0n) is 26.7. The molecule has 0 radical (unpaired) electrons. The number of nitrogens with one attached hydrogen (secondary N) is 4. The van der Waals surface area contributed by atoms with Gasteiger partial charge in [-0.2, -0.15) is 21.5 Å². The monoisotopic (exact) mass is 724 g/mol. The van der Waals surface area contributed by atoms with E-state index in [1.165, 1.54) is 12.8 Å².